The highest BCUT2D eigenvalue weighted by atomic mass is 16.2. The second-order valence-electron chi connectivity index (χ2n) is 3.75. The molecule has 1 fully saturated rings. The highest BCUT2D eigenvalue weighted by molar-refractivity contribution is 5.82. The average molecular weight is 184 g/mol. The molecule has 1 heterocycles. The van der Waals surface area contributed by atoms with Gasteiger partial charge in [0.15, 0.2) is 0 Å². The van der Waals surface area contributed by atoms with Crippen LogP contribution in [-0.4, -0.2) is 36.5 Å². The first-order valence-corrected chi connectivity index (χ1v) is 5.18. The molecule has 0 aromatic heterocycles. The number of carbonyl (C=O) groups excluding carboxylic acids is 1. The van der Waals surface area contributed by atoms with Crippen LogP contribution < -0.4 is 5.32 Å². The molecular weight excluding hydrogens is 164 g/mol. The van der Waals surface area contributed by atoms with E-state index in [0.29, 0.717) is 6.04 Å². The molecule has 3 nitrogen and oxygen atoms in total. The van der Waals surface area contributed by atoms with Gasteiger partial charge in [-0.2, -0.15) is 0 Å². The summed E-state index contributed by atoms with van der Waals surface area (Å²) in [6.07, 6.45) is 3.27. The van der Waals surface area contributed by atoms with Gasteiger partial charge >= 0.3 is 0 Å². The summed E-state index contributed by atoms with van der Waals surface area (Å²) in [7, 11) is 1.87. The number of nitrogens with one attached hydrogen (secondary N) is 1. The van der Waals surface area contributed by atoms with E-state index in [1.54, 1.807) is 0 Å². The van der Waals surface area contributed by atoms with Gasteiger partial charge in [0.05, 0.1) is 6.04 Å². The second-order valence-corrected chi connectivity index (χ2v) is 3.75. The molecule has 3 heteroatoms. The first kappa shape index (κ1) is 10.5. The Kier molecular flexibility index (Phi) is 3.72. The lowest BCUT2D eigenvalue weighted by Gasteiger charge is -2.27. The Morgan fingerprint density at radius 2 is 2.23 bits per heavy atom. The zero-order valence-electron chi connectivity index (χ0n) is 8.84. The Hall–Kier alpha value is -0.570. The third-order valence-corrected chi connectivity index (χ3v) is 2.92. The van der Waals surface area contributed by atoms with Gasteiger partial charge in [0, 0.05) is 12.6 Å². The maximum atomic E-state index is 11.9. The van der Waals surface area contributed by atoms with Crippen molar-refractivity contribution in [3.63, 3.8) is 0 Å². The van der Waals surface area contributed by atoms with Crippen LogP contribution in [0.5, 0.6) is 0 Å². The van der Waals surface area contributed by atoms with Crippen LogP contribution in [0.1, 0.15) is 33.1 Å². The van der Waals surface area contributed by atoms with Crippen molar-refractivity contribution < 1.29 is 4.79 Å². The molecule has 0 aliphatic carbocycles. The van der Waals surface area contributed by atoms with E-state index >= 15 is 0 Å². The summed E-state index contributed by atoms with van der Waals surface area (Å²) in [5.74, 6) is 0.273. The number of amides is 1. The van der Waals surface area contributed by atoms with E-state index in [0.717, 1.165) is 25.8 Å². The van der Waals surface area contributed by atoms with Crippen molar-refractivity contribution in [2.75, 3.05) is 13.6 Å². The van der Waals surface area contributed by atoms with Gasteiger partial charge in [-0.05, 0) is 40.2 Å². The molecule has 1 rings (SSSR count). The lowest BCUT2D eigenvalue weighted by atomic mass is 10.1. The van der Waals surface area contributed by atoms with Crippen molar-refractivity contribution >= 4 is 5.91 Å². The van der Waals surface area contributed by atoms with Crippen LogP contribution >= 0.6 is 0 Å². The van der Waals surface area contributed by atoms with Gasteiger partial charge in [-0.25, -0.2) is 0 Å². The number of rotatable bonds is 2. The lowest BCUT2D eigenvalue weighted by molar-refractivity contribution is -0.134. The first-order chi connectivity index (χ1) is 6.20. The number of hydrogen-bond acceptors (Lipinski definition) is 2. The Labute approximate surface area is 80.5 Å². The van der Waals surface area contributed by atoms with E-state index in [4.69, 9.17) is 0 Å². The molecule has 2 unspecified atom stereocenters. The summed E-state index contributed by atoms with van der Waals surface area (Å²) in [6, 6.07) is 0.459. The molecule has 0 spiro atoms. The number of carbonyl (C=O) groups is 1. The largest absolute Gasteiger partial charge is 0.339 e. The molecule has 2 atom stereocenters. The van der Waals surface area contributed by atoms with Gasteiger partial charge in [-0.3, -0.25) is 4.79 Å². The minimum atomic E-state index is 0.0462. The van der Waals surface area contributed by atoms with Gasteiger partial charge in [-0.1, -0.05) is 0 Å². The first-order valence-electron chi connectivity index (χ1n) is 5.18. The number of nitrogens with zero attached hydrogens (tertiary/aromatic N) is 1. The summed E-state index contributed by atoms with van der Waals surface area (Å²) in [4.78, 5) is 13.9. The molecule has 0 bridgehead atoms. The average Bonchev–Trinajstić information content (AvgIpc) is 2.25. The molecule has 1 aliphatic rings. The van der Waals surface area contributed by atoms with Crippen molar-refractivity contribution in [3.8, 4) is 0 Å². The van der Waals surface area contributed by atoms with Crippen molar-refractivity contribution in [1.82, 2.24) is 10.2 Å². The third-order valence-electron chi connectivity index (χ3n) is 2.92. The molecule has 13 heavy (non-hydrogen) atoms. The standard InChI is InChI=1S/C10H20N2O/c1-4-12-8(2)6-5-7-9(11-3)10(12)13/h8-9,11H,4-7H2,1-3H3. The van der Waals surface area contributed by atoms with E-state index < -0.39 is 0 Å². The SMILES string of the molecule is CCN1C(=O)C(NC)CCCC1C. The van der Waals surface area contributed by atoms with Crippen molar-refractivity contribution in [3.05, 3.63) is 0 Å². The molecule has 0 aromatic rings. The topological polar surface area (TPSA) is 32.3 Å². The van der Waals surface area contributed by atoms with E-state index in [9.17, 15) is 4.79 Å². The molecular formula is C10H20N2O. The predicted molar refractivity (Wildman–Crippen MR) is 53.5 cm³/mol. The monoisotopic (exact) mass is 184 g/mol. The Morgan fingerprint density at radius 3 is 2.77 bits per heavy atom. The van der Waals surface area contributed by atoms with E-state index in [2.05, 4.69) is 12.2 Å². The Morgan fingerprint density at radius 1 is 1.54 bits per heavy atom. The maximum Gasteiger partial charge on any atom is 0.239 e. The van der Waals surface area contributed by atoms with E-state index in [1.165, 1.54) is 0 Å². The minimum Gasteiger partial charge on any atom is -0.339 e. The summed E-state index contributed by atoms with van der Waals surface area (Å²) < 4.78 is 0. The van der Waals surface area contributed by atoms with Gasteiger partial charge in [0.25, 0.3) is 0 Å². The van der Waals surface area contributed by atoms with Gasteiger partial charge in [0.1, 0.15) is 0 Å². The highest BCUT2D eigenvalue weighted by Crippen LogP contribution is 2.17. The van der Waals surface area contributed by atoms with Crippen LogP contribution in [0.3, 0.4) is 0 Å². The van der Waals surface area contributed by atoms with Crippen molar-refractivity contribution in [2.45, 2.75) is 45.2 Å². The molecule has 1 saturated heterocycles. The van der Waals surface area contributed by atoms with Gasteiger partial charge in [0.2, 0.25) is 5.91 Å². The van der Waals surface area contributed by atoms with E-state index in [-0.39, 0.29) is 11.9 Å². The molecule has 0 saturated carbocycles. The van der Waals surface area contributed by atoms with E-state index in [1.807, 2.05) is 18.9 Å². The van der Waals surface area contributed by atoms with Crippen molar-refractivity contribution in [1.29, 1.82) is 0 Å². The maximum absolute atomic E-state index is 11.9. The smallest absolute Gasteiger partial charge is 0.239 e. The molecule has 0 radical (unpaired) electrons. The zero-order chi connectivity index (χ0) is 9.84. The molecule has 0 aromatic carbocycles. The predicted octanol–water partition coefficient (Wildman–Crippen LogP) is 0.995. The normalized spacial score (nSPS) is 30.4. The summed E-state index contributed by atoms with van der Waals surface area (Å²) in [5, 5.41) is 3.09. The quantitative estimate of drug-likeness (QED) is 0.694. The molecule has 76 valence electrons. The van der Waals surface area contributed by atoms with Crippen LogP contribution in [0.4, 0.5) is 0 Å². The summed E-state index contributed by atoms with van der Waals surface area (Å²) in [5.41, 5.74) is 0. The molecule has 1 aliphatic heterocycles. The van der Waals surface area contributed by atoms with Crippen molar-refractivity contribution in [2.24, 2.45) is 0 Å². The van der Waals surface area contributed by atoms with Crippen LogP contribution in [0.15, 0.2) is 0 Å². The highest BCUT2D eigenvalue weighted by Gasteiger charge is 2.28. The van der Waals surface area contributed by atoms with Crippen LogP contribution in [-0.2, 0) is 4.79 Å². The minimum absolute atomic E-state index is 0.0462. The summed E-state index contributed by atoms with van der Waals surface area (Å²) >= 11 is 0. The van der Waals surface area contributed by atoms with Gasteiger partial charge in [-0.15, -0.1) is 0 Å². The third kappa shape index (κ3) is 2.21. The van der Waals surface area contributed by atoms with Crippen LogP contribution in [0.2, 0.25) is 0 Å². The second kappa shape index (κ2) is 4.61. The Balaban J connectivity index is 2.71. The lowest BCUT2D eigenvalue weighted by Crippen LogP contribution is -2.46. The molecule has 1 N–H and O–H groups in total. The zero-order valence-corrected chi connectivity index (χ0v) is 8.84. The fourth-order valence-electron chi connectivity index (χ4n) is 2.05. The number of likely N-dealkylation sites (tertiary alicyclic amines) is 1. The number of hydrogen-bond donors (Lipinski definition) is 1. The van der Waals surface area contributed by atoms with Crippen LogP contribution in [0.25, 0.3) is 0 Å². The van der Waals surface area contributed by atoms with Crippen LogP contribution in [0, 0.1) is 0 Å². The number of likely N-dealkylation sites (N-methyl/N-ethyl adjacent to an activating group) is 2. The molecule has 1 amide bonds. The Bertz CT molecular complexity index is 182. The van der Waals surface area contributed by atoms with Gasteiger partial charge < -0.3 is 10.2 Å². The summed E-state index contributed by atoms with van der Waals surface area (Å²) in [6.45, 7) is 5.02. The fourth-order valence-corrected chi connectivity index (χ4v) is 2.05. The fraction of sp³-hybridized carbons (Fsp3) is 0.900.